The van der Waals surface area contributed by atoms with Crippen molar-refractivity contribution in [1.82, 2.24) is 10.4 Å². The molecule has 0 aliphatic heterocycles. The summed E-state index contributed by atoms with van der Waals surface area (Å²) in [4.78, 5) is 15.9. The van der Waals surface area contributed by atoms with Crippen LogP contribution in [0, 0.1) is 13.8 Å². The maximum atomic E-state index is 11.7. The van der Waals surface area contributed by atoms with Crippen LogP contribution in [0.4, 0.5) is 5.69 Å². The van der Waals surface area contributed by atoms with Crippen LogP contribution in [-0.2, 0) is 4.79 Å². The van der Waals surface area contributed by atoms with Crippen molar-refractivity contribution in [2.45, 2.75) is 13.8 Å². The Morgan fingerprint density at radius 2 is 2.05 bits per heavy atom. The molecule has 0 atom stereocenters. The number of rotatable bonds is 5. The fourth-order valence-corrected chi connectivity index (χ4v) is 1.78. The highest BCUT2D eigenvalue weighted by Gasteiger charge is 1.99. The number of hydrogen-bond donors (Lipinski definition) is 2. The summed E-state index contributed by atoms with van der Waals surface area (Å²) >= 11 is 0. The highest BCUT2D eigenvalue weighted by Crippen LogP contribution is 2.08. The third kappa shape index (κ3) is 5.06. The molecule has 0 spiro atoms. The molecule has 0 aliphatic rings. The smallest absolute Gasteiger partial charge is 0.259 e. The average molecular weight is 282 g/mol. The van der Waals surface area contributed by atoms with Gasteiger partial charge in [0.2, 0.25) is 0 Å². The summed E-state index contributed by atoms with van der Waals surface area (Å²) in [5.74, 6) is -0.208. The number of carbonyl (C=O) groups excluding carboxylic acids is 1. The standard InChI is InChI=1S/C16H18N4O/c1-12-5-3-7-14(9-12)17-11-16(21)20-18-10-15-8-4-6-13(2)19-15/h3-10,17H,11H2,1-2H3,(H,20,21). The predicted molar refractivity (Wildman–Crippen MR) is 84.4 cm³/mol. The van der Waals surface area contributed by atoms with Crippen molar-refractivity contribution in [1.29, 1.82) is 0 Å². The predicted octanol–water partition coefficient (Wildman–Crippen LogP) is 2.26. The second-order valence-corrected chi connectivity index (χ2v) is 4.72. The van der Waals surface area contributed by atoms with Crippen molar-refractivity contribution < 1.29 is 4.79 Å². The lowest BCUT2D eigenvalue weighted by atomic mass is 10.2. The normalized spacial score (nSPS) is 10.6. The third-order valence-corrected chi connectivity index (χ3v) is 2.77. The Morgan fingerprint density at radius 1 is 1.24 bits per heavy atom. The first kappa shape index (κ1) is 14.7. The summed E-state index contributed by atoms with van der Waals surface area (Å²) in [5, 5.41) is 6.93. The molecule has 0 unspecified atom stereocenters. The van der Waals surface area contributed by atoms with E-state index in [0.29, 0.717) is 5.69 Å². The van der Waals surface area contributed by atoms with Crippen LogP contribution in [0.15, 0.2) is 47.6 Å². The van der Waals surface area contributed by atoms with Gasteiger partial charge in [-0.2, -0.15) is 5.10 Å². The van der Waals surface area contributed by atoms with E-state index in [0.717, 1.165) is 16.9 Å². The molecule has 5 heteroatoms. The van der Waals surface area contributed by atoms with Gasteiger partial charge in [0.1, 0.15) is 0 Å². The number of aromatic nitrogens is 1. The van der Waals surface area contributed by atoms with Crippen LogP contribution >= 0.6 is 0 Å². The fraction of sp³-hybridized carbons (Fsp3) is 0.188. The van der Waals surface area contributed by atoms with Gasteiger partial charge in [0.05, 0.1) is 18.5 Å². The van der Waals surface area contributed by atoms with Crippen molar-refractivity contribution >= 4 is 17.8 Å². The van der Waals surface area contributed by atoms with E-state index in [-0.39, 0.29) is 12.5 Å². The first-order valence-corrected chi connectivity index (χ1v) is 6.69. The van der Waals surface area contributed by atoms with Gasteiger partial charge in [-0.25, -0.2) is 5.43 Å². The quantitative estimate of drug-likeness (QED) is 0.653. The molecule has 1 amide bonds. The van der Waals surface area contributed by atoms with Crippen molar-refractivity contribution in [2.24, 2.45) is 5.10 Å². The Kier molecular flexibility index (Phi) is 5.04. The first-order valence-electron chi connectivity index (χ1n) is 6.69. The largest absolute Gasteiger partial charge is 0.376 e. The Labute approximate surface area is 124 Å². The maximum Gasteiger partial charge on any atom is 0.259 e. The fourth-order valence-electron chi connectivity index (χ4n) is 1.78. The van der Waals surface area contributed by atoms with E-state index in [1.807, 2.05) is 56.3 Å². The lowest BCUT2D eigenvalue weighted by Crippen LogP contribution is -2.25. The molecule has 5 nitrogen and oxygen atoms in total. The zero-order chi connectivity index (χ0) is 15.1. The van der Waals surface area contributed by atoms with Crippen LogP contribution in [0.25, 0.3) is 0 Å². The van der Waals surface area contributed by atoms with Crippen LogP contribution in [0.3, 0.4) is 0 Å². The first-order chi connectivity index (χ1) is 10.1. The van der Waals surface area contributed by atoms with Gasteiger partial charge >= 0.3 is 0 Å². The van der Waals surface area contributed by atoms with E-state index < -0.39 is 0 Å². The molecule has 2 N–H and O–H groups in total. The number of amides is 1. The molecule has 1 heterocycles. The van der Waals surface area contributed by atoms with Crippen molar-refractivity contribution in [3.05, 3.63) is 59.4 Å². The van der Waals surface area contributed by atoms with E-state index in [1.54, 1.807) is 0 Å². The Morgan fingerprint density at radius 3 is 2.81 bits per heavy atom. The average Bonchev–Trinajstić information content (AvgIpc) is 2.45. The summed E-state index contributed by atoms with van der Waals surface area (Å²) in [5.41, 5.74) is 6.14. The SMILES string of the molecule is Cc1cccc(NCC(=O)NN=Cc2cccc(C)n2)c1. The number of nitrogens with zero attached hydrogens (tertiary/aromatic N) is 2. The Bertz CT molecular complexity index is 652. The summed E-state index contributed by atoms with van der Waals surface area (Å²) in [7, 11) is 0. The van der Waals surface area contributed by atoms with Crippen LogP contribution < -0.4 is 10.7 Å². The molecule has 21 heavy (non-hydrogen) atoms. The van der Waals surface area contributed by atoms with Gasteiger partial charge in [0.25, 0.3) is 5.91 Å². The Hall–Kier alpha value is -2.69. The van der Waals surface area contributed by atoms with Crippen LogP contribution in [0.2, 0.25) is 0 Å². The molecule has 0 saturated heterocycles. The molecule has 0 bridgehead atoms. The summed E-state index contributed by atoms with van der Waals surface area (Å²) in [6.45, 7) is 4.08. The number of hydrazone groups is 1. The number of hydrogen-bond acceptors (Lipinski definition) is 4. The van der Waals surface area contributed by atoms with Gasteiger partial charge in [-0.05, 0) is 43.7 Å². The number of benzene rings is 1. The summed E-state index contributed by atoms with van der Waals surface area (Å²) in [6, 6.07) is 13.5. The Balaban J connectivity index is 1.80. The zero-order valence-corrected chi connectivity index (χ0v) is 12.1. The van der Waals surface area contributed by atoms with E-state index in [4.69, 9.17) is 0 Å². The topological polar surface area (TPSA) is 66.4 Å². The molecule has 0 aliphatic carbocycles. The molecular formula is C16H18N4O. The lowest BCUT2D eigenvalue weighted by molar-refractivity contribution is -0.119. The summed E-state index contributed by atoms with van der Waals surface area (Å²) in [6.07, 6.45) is 1.53. The van der Waals surface area contributed by atoms with Crippen LogP contribution in [-0.4, -0.2) is 23.7 Å². The lowest BCUT2D eigenvalue weighted by Gasteiger charge is -2.05. The maximum absolute atomic E-state index is 11.7. The molecule has 2 aromatic rings. The number of pyridine rings is 1. The van der Waals surface area contributed by atoms with Gasteiger partial charge in [-0.15, -0.1) is 0 Å². The second kappa shape index (κ2) is 7.19. The minimum Gasteiger partial charge on any atom is -0.376 e. The number of anilines is 1. The molecule has 0 radical (unpaired) electrons. The molecule has 2 rings (SSSR count). The molecule has 0 fully saturated rings. The minimum atomic E-state index is -0.208. The van der Waals surface area contributed by atoms with Crippen molar-refractivity contribution in [2.75, 3.05) is 11.9 Å². The molecule has 0 saturated carbocycles. The van der Waals surface area contributed by atoms with E-state index in [2.05, 4.69) is 20.8 Å². The van der Waals surface area contributed by atoms with Gasteiger partial charge < -0.3 is 5.32 Å². The number of aryl methyl sites for hydroxylation is 2. The number of nitrogens with one attached hydrogen (secondary N) is 2. The highest BCUT2D eigenvalue weighted by molar-refractivity contribution is 5.83. The molecule has 108 valence electrons. The zero-order valence-electron chi connectivity index (χ0n) is 12.1. The van der Waals surface area contributed by atoms with E-state index in [9.17, 15) is 4.79 Å². The summed E-state index contributed by atoms with van der Waals surface area (Å²) < 4.78 is 0. The van der Waals surface area contributed by atoms with E-state index in [1.165, 1.54) is 6.21 Å². The second-order valence-electron chi connectivity index (χ2n) is 4.72. The van der Waals surface area contributed by atoms with Gasteiger partial charge in [0, 0.05) is 11.4 Å². The third-order valence-electron chi connectivity index (χ3n) is 2.77. The van der Waals surface area contributed by atoms with Crippen molar-refractivity contribution in [3.8, 4) is 0 Å². The van der Waals surface area contributed by atoms with Crippen LogP contribution in [0.1, 0.15) is 17.0 Å². The minimum absolute atomic E-state index is 0.169. The molecule has 1 aromatic heterocycles. The monoisotopic (exact) mass is 282 g/mol. The van der Waals surface area contributed by atoms with Gasteiger partial charge in [-0.3, -0.25) is 9.78 Å². The number of carbonyl (C=O) groups is 1. The highest BCUT2D eigenvalue weighted by atomic mass is 16.2. The van der Waals surface area contributed by atoms with Crippen molar-refractivity contribution in [3.63, 3.8) is 0 Å². The van der Waals surface area contributed by atoms with Crippen LogP contribution in [0.5, 0.6) is 0 Å². The van der Waals surface area contributed by atoms with Gasteiger partial charge in [0.15, 0.2) is 0 Å². The van der Waals surface area contributed by atoms with E-state index >= 15 is 0 Å². The molecular weight excluding hydrogens is 264 g/mol. The molecule has 1 aromatic carbocycles. The van der Waals surface area contributed by atoms with Gasteiger partial charge in [-0.1, -0.05) is 18.2 Å².